The summed E-state index contributed by atoms with van der Waals surface area (Å²) in [6, 6.07) is 1.80. The lowest BCUT2D eigenvalue weighted by Crippen LogP contribution is -2.30. The molecule has 1 N–H and O–H groups in total. The number of nitrogens with zero attached hydrogens (tertiary/aromatic N) is 1. The van der Waals surface area contributed by atoms with E-state index in [9.17, 15) is 5.11 Å². The molecule has 0 aliphatic heterocycles. The Bertz CT molecular complexity index is 261. The third-order valence-electron chi connectivity index (χ3n) is 1.85. The van der Waals surface area contributed by atoms with Crippen molar-refractivity contribution in [1.82, 2.24) is 0 Å². The molecule has 0 saturated heterocycles. The Hall–Kier alpha value is -0.550. The normalized spacial score (nSPS) is 24.2. The highest BCUT2D eigenvalue weighted by atomic mass is 16.3. The van der Waals surface area contributed by atoms with Crippen molar-refractivity contribution in [3.05, 3.63) is 0 Å². The van der Waals surface area contributed by atoms with Crippen molar-refractivity contribution in [3.63, 3.8) is 0 Å². The fraction of sp³-hybridized carbons (Fsp3) is 0.900. The van der Waals surface area contributed by atoms with Gasteiger partial charge in [-0.05, 0) is 25.6 Å². The second-order valence-corrected chi connectivity index (χ2v) is 4.53. The maximum Gasteiger partial charge on any atom is 0.0684 e. The van der Waals surface area contributed by atoms with Gasteiger partial charge in [0.2, 0.25) is 0 Å². The van der Waals surface area contributed by atoms with Gasteiger partial charge in [-0.15, -0.1) is 0 Å². The number of hydrogen-bond donors (Lipinski definition) is 1. The van der Waals surface area contributed by atoms with Gasteiger partial charge in [0.05, 0.1) is 17.6 Å². The lowest BCUT2D eigenvalue weighted by atomic mass is 9.78. The van der Waals surface area contributed by atoms with Gasteiger partial charge in [-0.3, -0.25) is 0 Å². The van der Waals surface area contributed by atoms with Crippen molar-refractivity contribution in [2.24, 2.45) is 10.8 Å². The molecule has 0 heterocycles. The minimum Gasteiger partial charge on any atom is -0.393 e. The van der Waals surface area contributed by atoms with Crippen LogP contribution in [0.4, 0.5) is 0 Å². The summed E-state index contributed by atoms with van der Waals surface area (Å²) in [7, 11) is 0. The molecule has 0 aromatic heterocycles. The molecular weight excluding hydrogens is 150 g/mol. The largest absolute Gasteiger partial charge is 0.393 e. The molecule has 0 radical (unpaired) electrons. The van der Waals surface area contributed by atoms with E-state index >= 15 is 0 Å². The van der Waals surface area contributed by atoms with Crippen molar-refractivity contribution < 1.29 is 9.22 Å². The van der Waals surface area contributed by atoms with Gasteiger partial charge in [0, 0.05) is 4.11 Å². The summed E-state index contributed by atoms with van der Waals surface area (Å²) in [5.41, 5.74) is -1.90. The molecule has 0 bridgehead atoms. The topological polar surface area (TPSA) is 44.0 Å². The van der Waals surface area contributed by atoms with Crippen molar-refractivity contribution >= 4 is 0 Å². The van der Waals surface area contributed by atoms with Crippen LogP contribution in [-0.4, -0.2) is 11.2 Å². The second kappa shape index (κ2) is 3.45. The first kappa shape index (κ1) is 6.91. The van der Waals surface area contributed by atoms with Crippen molar-refractivity contribution in [1.29, 1.82) is 5.26 Å². The van der Waals surface area contributed by atoms with Crippen LogP contribution in [0.25, 0.3) is 0 Å². The quantitative estimate of drug-likeness (QED) is 0.694. The van der Waals surface area contributed by atoms with Gasteiger partial charge in [0.15, 0.2) is 0 Å². The molecule has 0 aromatic rings. The van der Waals surface area contributed by atoms with Crippen LogP contribution in [0.5, 0.6) is 0 Å². The van der Waals surface area contributed by atoms with E-state index in [0.717, 1.165) is 0 Å². The molecular formula is C10H19NO. The van der Waals surface area contributed by atoms with Gasteiger partial charge in [-0.25, -0.2) is 0 Å². The lowest BCUT2D eigenvalue weighted by molar-refractivity contribution is 0.0352. The average molecular weight is 172 g/mol. The first-order valence-corrected chi connectivity index (χ1v) is 4.03. The van der Waals surface area contributed by atoms with Gasteiger partial charge in [-0.1, -0.05) is 20.8 Å². The van der Waals surface area contributed by atoms with Gasteiger partial charge in [0.25, 0.3) is 0 Å². The summed E-state index contributed by atoms with van der Waals surface area (Å²) in [5.74, 6) is 0. The molecule has 2 heteroatoms. The van der Waals surface area contributed by atoms with Crippen molar-refractivity contribution in [2.45, 2.75) is 47.1 Å². The molecule has 2 nitrogen and oxygen atoms in total. The summed E-state index contributed by atoms with van der Waals surface area (Å²) in [6.07, 6.45) is -0.841. The van der Waals surface area contributed by atoms with Crippen LogP contribution in [0, 0.1) is 22.2 Å². The number of aliphatic hydroxyl groups is 1. The zero-order valence-corrected chi connectivity index (χ0v) is 8.18. The van der Waals surface area contributed by atoms with E-state index < -0.39 is 23.8 Å². The van der Waals surface area contributed by atoms with E-state index in [4.69, 9.17) is 9.37 Å². The van der Waals surface area contributed by atoms with Crippen LogP contribution in [0.1, 0.15) is 45.1 Å². The predicted octanol–water partition coefficient (Wildman–Crippen LogP) is 2.33. The molecule has 12 heavy (non-hydrogen) atoms. The third kappa shape index (κ3) is 3.73. The molecule has 0 aliphatic carbocycles. The molecule has 0 amide bonds. The highest BCUT2D eigenvalue weighted by molar-refractivity contribution is 4.94. The van der Waals surface area contributed by atoms with Crippen LogP contribution >= 0.6 is 0 Å². The zero-order chi connectivity index (χ0) is 12.5. The fourth-order valence-corrected chi connectivity index (χ4v) is 0.739. The predicted molar refractivity (Wildman–Crippen MR) is 49.5 cm³/mol. The van der Waals surface area contributed by atoms with E-state index in [-0.39, 0.29) is 6.42 Å². The SMILES string of the molecule is [2H]C([2H])([2H])[C@@](C)(C#N)C[C@H](O)C(C)(C)C. The Morgan fingerprint density at radius 3 is 2.25 bits per heavy atom. The van der Waals surface area contributed by atoms with Gasteiger partial charge in [0.1, 0.15) is 0 Å². The molecule has 0 spiro atoms. The molecule has 0 aliphatic rings. The third-order valence-corrected chi connectivity index (χ3v) is 1.85. The maximum absolute atomic E-state index is 9.81. The molecule has 0 fully saturated rings. The molecule has 0 aromatic carbocycles. The number of hydrogen-bond acceptors (Lipinski definition) is 2. The van der Waals surface area contributed by atoms with E-state index in [1.165, 1.54) is 6.92 Å². The maximum atomic E-state index is 9.81. The van der Waals surface area contributed by atoms with E-state index in [2.05, 4.69) is 0 Å². The van der Waals surface area contributed by atoms with E-state index in [1.54, 1.807) is 6.07 Å². The summed E-state index contributed by atoms with van der Waals surface area (Å²) >= 11 is 0. The highest BCUT2D eigenvalue weighted by Crippen LogP contribution is 2.30. The van der Waals surface area contributed by atoms with Crippen LogP contribution < -0.4 is 0 Å². The number of rotatable bonds is 2. The first-order valence-electron chi connectivity index (χ1n) is 5.53. The molecule has 0 unspecified atom stereocenters. The summed E-state index contributed by atoms with van der Waals surface area (Å²) in [4.78, 5) is 0. The summed E-state index contributed by atoms with van der Waals surface area (Å²) in [5, 5.41) is 18.7. The Labute approximate surface area is 79.4 Å². The monoisotopic (exact) mass is 172 g/mol. The Kier molecular flexibility index (Phi) is 1.99. The molecule has 70 valence electrons. The highest BCUT2D eigenvalue weighted by Gasteiger charge is 2.29. The molecule has 2 atom stereocenters. The standard InChI is InChI=1S/C10H19NO/c1-9(2,3)8(12)6-10(4,5)7-11/h8,12H,6H2,1-5H3/t8-/m0/s1/i4D3/t8-,10-. The van der Waals surface area contributed by atoms with Crippen LogP contribution in [0.3, 0.4) is 0 Å². The van der Waals surface area contributed by atoms with E-state index in [1.807, 2.05) is 20.8 Å². The number of aliphatic hydroxyl groups excluding tert-OH is 1. The van der Waals surface area contributed by atoms with Crippen LogP contribution in [0.2, 0.25) is 0 Å². The minimum atomic E-state index is -2.37. The lowest BCUT2D eigenvalue weighted by Gasteiger charge is -2.29. The Morgan fingerprint density at radius 2 is 2.00 bits per heavy atom. The zero-order valence-electron chi connectivity index (χ0n) is 11.2. The van der Waals surface area contributed by atoms with Crippen LogP contribution in [0.15, 0.2) is 0 Å². The minimum absolute atomic E-state index is 0.0382. The second-order valence-electron chi connectivity index (χ2n) is 4.53. The van der Waals surface area contributed by atoms with Gasteiger partial charge >= 0.3 is 0 Å². The first-order chi connectivity index (χ1) is 6.44. The molecule has 0 rings (SSSR count). The Morgan fingerprint density at radius 1 is 1.50 bits per heavy atom. The van der Waals surface area contributed by atoms with Crippen molar-refractivity contribution in [3.8, 4) is 6.07 Å². The summed E-state index contributed by atoms with van der Waals surface area (Å²) < 4.78 is 21.9. The van der Waals surface area contributed by atoms with Gasteiger partial charge < -0.3 is 5.11 Å². The Balaban J connectivity index is 4.85. The fourth-order valence-electron chi connectivity index (χ4n) is 0.739. The van der Waals surface area contributed by atoms with Crippen molar-refractivity contribution in [2.75, 3.05) is 0 Å². The van der Waals surface area contributed by atoms with Crippen LogP contribution in [-0.2, 0) is 0 Å². The average Bonchev–Trinajstić information content (AvgIpc) is 2.00. The molecule has 0 saturated carbocycles. The van der Waals surface area contributed by atoms with Gasteiger partial charge in [-0.2, -0.15) is 5.26 Å². The smallest absolute Gasteiger partial charge is 0.0684 e. The summed E-state index contributed by atoms with van der Waals surface area (Å²) in [6.45, 7) is 4.45. The van der Waals surface area contributed by atoms with E-state index in [0.29, 0.717) is 0 Å². The number of nitriles is 1.